The second kappa shape index (κ2) is 22.6. The number of quaternary nitrogens is 1. The molecule has 0 aromatic rings. The number of carbonyl (C=O) groups excluding carboxylic acids is 1. The molecule has 0 fully saturated rings. The number of hydrogen-bond acceptors (Lipinski definition) is 8. The van der Waals surface area contributed by atoms with Gasteiger partial charge in [-0.3, -0.25) is 0 Å². The smallest absolute Gasteiger partial charge is 0.500 e. The molecule has 0 bridgehead atoms. The molecule has 242 valence electrons. The molecule has 10 nitrogen and oxygen atoms in total. The molecule has 0 aromatic carbocycles. The summed E-state index contributed by atoms with van der Waals surface area (Å²) in [6.45, 7) is 19.8. The SMILES string of the molecule is CCCC[N+](CCCC)(CCCC)CCOC(=O)NCCC[Si](OCC)(OCC)OCC.O=S(=O)([O-])C(F)(F)F. The van der Waals surface area contributed by atoms with Crippen molar-refractivity contribution in [3.05, 3.63) is 0 Å². The van der Waals surface area contributed by atoms with Crippen molar-refractivity contribution in [2.24, 2.45) is 0 Å². The number of nitrogens with one attached hydrogen (secondary N) is 1. The second-order valence-corrected chi connectivity index (χ2v) is 13.4. The Morgan fingerprint density at radius 1 is 0.800 bits per heavy atom. The quantitative estimate of drug-likeness (QED) is 0.0556. The molecule has 0 aliphatic heterocycles. The van der Waals surface area contributed by atoms with Crippen LogP contribution >= 0.6 is 0 Å². The molecule has 0 atom stereocenters. The van der Waals surface area contributed by atoms with E-state index in [0.717, 1.165) is 17.4 Å². The minimum atomic E-state index is -6.09. The largest absolute Gasteiger partial charge is 0.741 e. The lowest BCUT2D eigenvalue weighted by Crippen LogP contribution is -2.52. The lowest BCUT2D eigenvalue weighted by molar-refractivity contribution is -0.929. The van der Waals surface area contributed by atoms with Gasteiger partial charge in [0, 0.05) is 32.4 Å². The van der Waals surface area contributed by atoms with Crippen molar-refractivity contribution in [2.45, 2.75) is 98.0 Å². The van der Waals surface area contributed by atoms with Crippen LogP contribution in [-0.4, -0.2) is 97.0 Å². The summed E-state index contributed by atoms with van der Waals surface area (Å²) in [4.78, 5) is 12.2. The van der Waals surface area contributed by atoms with Crippen molar-refractivity contribution in [3.8, 4) is 0 Å². The van der Waals surface area contributed by atoms with E-state index in [4.69, 9.17) is 31.0 Å². The highest BCUT2D eigenvalue weighted by molar-refractivity contribution is 7.86. The highest BCUT2D eigenvalue weighted by Gasteiger charge is 2.39. The number of carbonyl (C=O) groups is 1. The first-order valence-electron chi connectivity index (χ1n) is 14.4. The van der Waals surface area contributed by atoms with Crippen molar-refractivity contribution in [1.82, 2.24) is 5.32 Å². The third-order valence-electron chi connectivity index (χ3n) is 6.06. The Bertz CT molecular complexity index is 707. The molecule has 1 amide bonds. The van der Waals surface area contributed by atoms with E-state index in [-0.39, 0.29) is 6.09 Å². The second-order valence-electron chi connectivity index (χ2n) is 9.34. The number of hydrogen-bond donors (Lipinski definition) is 1. The number of alkyl carbamates (subject to hydrolysis) is 1. The average Bonchev–Trinajstić information content (AvgIpc) is 2.87. The number of alkyl halides is 3. The van der Waals surface area contributed by atoms with E-state index >= 15 is 0 Å². The highest BCUT2D eigenvalue weighted by atomic mass is 32.2. The van der Waals surface area contributed by atoms with E-state index in [1.54, 1.807) is 0 Å². The van der Waals surface area contributed by atoms with Crippen molar-refractivity contribution < 1.29 is 53.4 Å². The van der Waals surface area contributed by atoms with Crippen LogP contribution in [0.4, 0.5) is 18.0 Å². The first-order valence-corrected chi connectivity index (χ1v) is 17.8. The highest BCUT2D eigenvalue weighted by Crippen LogP contribution is 2.20. The first-order chi connectivity index (χ1) is 18.7. The third-order valence-corrected chi connectivity index (χ3v) is 9.78. The van der Waals surface area contributed by atoms with Gasteiger partial charge in [-0.25, -0.2) is 13.2 Å². The summed E-state index contributed by atoms with van der Waals surface area (Å²) >= 11 is 0. The van der Waals surface area contributed by atoms with E-state index in [1.807, 2.05) is 20.8 Å². The molecule has 0 saturated heterocycles. The van der Waals surface area contributed by atoms with Crippen LogP contribution in [0, 0.1) is 0 Å². The molecular formula is C25H53F3N2O8SSi. The van der Waals surface area contributed by atoms with Gasteiger partial charge >= 0.3 is 20.4 Å². The maximum atomic E-state index is 12.2. The van der Waals surface area contributed by atoms with Gasteiger partial charge in [0.1, 0.15) is 13.2 Å². The van der Waals surface area contributed by atoms with Gasteiger partial charge in [-0.15, -0.1) is 0 Å². The molecule has 40 heavy (non-hydrogen) atoms. The minimum absolute atomic E-state index is 0.332. The maximum absolute atomic E-state index is 12.2. The Labute approximate surface area is 241 Å². The number of amides is 1. The Morgan fingerprint density at radius 3 is 1.52 bits per heavy atom. The van der Waals surface area contributed by atoms with E-state index in [1.165, 1.54) is 58.2 Å². The molecule has 0 rings (SSSR count). The van der Waals surface area contributed by atoms with Crippen LogP contribution < -0.4 is 5.32 Å². The fraction of sp³-hybridized carbons (Fsp3) is 0.960. The lowest BCUT2D eigenvalue weighted by atomic mass is 10.1. The zero-order chi connectivity index (χ0) is 31.1. The molecule has 0 aromatic heterocycles. The minimum Gasteiger partial charge on any atom is -0.741 e. The fourth-order valence-electron chi connectivity index (χ4n) is 4.03. The normalized spacial score (nSPS) is 12.6. The van der Waals surface area contributed by atoms with Crippen LogP contribution in [0.2, 0.25) is 6.04 Å². The standard InChI is InChI=1S/C24H52N2O5Si.CHF3O3S/c1-7-13-18-26(19-14-8-2,20-15-9-3)21-22-28-24(27)25-17-16-23-32(29-10-4,30-11-5)31-12-6;2-1(3,4)8(5,6)7/h7-23H2,1-6H3;(H,5,6,7). The van der Waals surface area contributed by atoms with Crippen LogP contribution in [0.3, 0.4) is 0 Å². The van der Waals surface area contributed by atoms with E-state index in [2.05, 4.69) is 26.1 Å². The molecule has 15 heteroatoms. The topological polar surface area (TPSA) is 123 Å². The number of unbranched alkanes of at least 4 members (excludes halogenated alkanes) is 3. The van der Waals surface area contributed by atoms with Gasteiger partial charge in [0.2, 0.25) is 0 Å². The Morgan fingerprint density at radius 2 is 1.20 bits per heavy atom. The van der Waals surface area contributed by atoms with Gasteiger partial charge in [-0.05, 0) is 46.5 Å². The van der Waals surface area contributed by atoms with Gasteiger partial charge in [0.15, 0.2) is 10.1 Å². The zero-order valence-electron chi connectivity index (χ0n) is 25.3. The molecule has 0 aliphatic carbocycles. The maximum Gasteiger partial charge on any atom is 0.500 e. The Balaban J connectivity index is 0. The molecule has 0 spiro atoms. The predicted octanol–water partition coefficient (Wildman–Crippen LogP) is 5.42. The predicted molar refractivity (Wildman–Crippen MR) is 150 cm³/mol. The number of halogens is 3. The summed E-state index contributed by atoms with van der Waals surface area (Å²) in [6.07, 6.45) is 7.70. The van der Waals surface area contributed by atoms with Crippen LogP contribution in [0.15, 0.2) is 0 Å². The van der Waals surface area contributed by atoms with Crippen molar-refractivity contribution in [3.63, 3.8) is 0 Å². The molecule has 0 saturated carbocycles. The number of nitrogens with zero attached hydrogens (tertiary/aromatic N) is 1. The molecule has 0 radical (unpaired) electrons. The van der Waals surface area contributed by atoms with E-state index in [9.17, 15) is 18.0 Å². The number of rotatable bonds is 22. The van der Waals surface area contributed by atoms with Crippen LogP contribution in [0.5, 0.6) is 0 Å². The molecule has 0 heterocycles. The summed E-state index contributed by atoms with van der Waals surface area (Å²) in [7, 11) is -8.74. The monoisotopic (exact) mass is 626 g/mol. The van der Waals surface area contributed by atoms with Crippen molar-refractivity contribution in [2.75, 3.05) is 59.2 Å². The number of ether oxygens (including phenoxy) is 1. The van der Waals surface area contributed by atoms with Gasteiger partial charge in [-0.2, -0.15) is 13.2 Å². The molecule has 0 unspecified atom stereocenters. The van der Waals surface area contributed by atoms with E-state index < -0.39 is 24.4 Å². The Kier molecular flexibility index (Phi) is 23.3. The zero-order valence-corrected chi connectivity index (χ0v) is 27.1. The summed E-state index contributed by atoms with van der Waals surface area (Å²) in [6, 6.07) is 0.688. The van der Waals surface area contributed by atoms with Gasteiger partial charge in [0.25, 0.3) is 0 Å². The third kappa shape index (κ3) is 19.2. The van der Waals surface area contributed by atoms with Crippen LogP contribution in [0.1, 0.15) is 86.5 Å². The lowest BCUT2D eigenvalue weighted by Gasteiger charge is -2.39. The molecule has 1 N–H and O–H groups in total. The summed E-state index contributed by atoms with van der Waals surface area (Å²) in [5.41, 5.74) is -5.65. The Hall–Kier alpha value is -0.973. The van der Waals surface area contributed by atoms with Gasteiger partial charge in [-0.1, -0.05) is 40.0 Å². The molecule has 0 aliphatic rings. The fourth-order valence-corrected chi connectivity index (χ4v) is 6.64. The average molecular weight is 627 g/mol. The van der Waals surface area contributed by atoms with Gasteiger partial charge in [0.05, 0.1) is 19.6 Å². The van der Waals surface area contributed by atoms with Crippen molar-refractivity contribution >= 4 is 25.0 Å². The van der Waals surface area contributed by atoms with Crippen LogP contribution in [-0.2, 0) is 28.1 Å². The first kappa shape index (κ1) is 41.2. The van der Waals surface area contributed by atoms with Crippen molar-refractivity contribution in [1.29, 1.82) is 0 Å². The van der Waals surface area contributed by atoms with E-state index in [0.29, 0.717) is 39.0 Å². The van der Waals surface area contributed by atoms with Crippen LogP contribution in [0.25, 0.3) is 0 Å². The summed E-state index contributed by atoms with van der Waals surface area (Å²) in [5, 5.41) is 2.88. The molecular weight excluding hydrogens is 573 g/mol. The summed E-state index contributed by atoms with van der Waals surface area (Å²) in [5.74, 6) is 0. The van der Waals surface area contributed by atoms with Gasteiger partial charge < -0.3 is 32.4 Å². The summed E-state index contributed by atoms with van der Waals surface area (Å²) < 4.78 is 83.1.